The number of benzene rings is 1. The second-order valence-electron chi connectivity index (χ2n) is 3.92. The Morgan fingerprint density at radius 3 is 2.75 bits per heavy atom. The number of hydrogen-bond donors (Lipinski definition) is 1. The third-order valence-electron chi connectivity index (χ3n) is 2.64. The van der Waals surface area contributed by atoms with Crippen molar-refractivity contribution in [2.45, 2.75) is 12.5 Å². The van der Waals surface area contributed by atoms with E-state index in [-0.39, 0.29) is 12.0 Å². The largest absolute Gasteiger partial charge is 0.478 e. The second kappa shape index (κ2) is 4.94. The van der Waals surface area contributed by atoms with Crippen LogP contribution >= 0.6 is 0 Å². The van der Waals surface area contributed by atoms with Crippen LogP contribution in [-0.2, 0) is 16.0 Å². The highest BCUT2D eigenvalue weighted by Crippen LogP contribution is 2.25. The fraction of sp³-hybridized carbons (Fsp3) is 0.308. The molecule has 1 aliphatic rings. The molecule has 0 bridgehead atoms. The van der Waals surface area contributed by atoms with E-state index in [1.54, 1.807) is 6.08 Å². The number of ether oxygens (including phenoxy) is 1. The van der Waals surface area contributed by atoms with E-state index >= 15 is 0 Å². The maximum Gasteiger partial charge on any atom is 0.327 e. The Bertz CT molecular complexity index is 379. The first-order chi connectivity index (χ1) is 7.75. The average molecular weight is 218 g/mol. The van der Waals surface area contributed by atoms with Crippen LogP contribution in [0.15, 0.2) is 42.5 Å². The molecule has 0 saturated carbocycles. The summed E-state index contributed by atoms with van der Waals surface area (Å²) in [5.41, 5.74) is 1.21. The lowest BCUT2D eigenvalue weighted by atomic mass is 9.96. The molecule has 2 rings (SSSR count). The number of aliphatic carboxylic acids is 1. The van der Waals surface area contributed by atoms with Crippen molar-refractivity contribution in [1.29, 1.82) is 0 Å². The Morgan fingerprint density at radius 2 is 2.19 bits per heavy atom. The molecule has 1 fully saturated rings. The molecule has 0 amide bonds. The minimum Gasteiger partial charge on any atom is -0.478 e. The first kappa shape index (κ1) is 10.9. The van der Waals surface area contributed by atoms with E-state index in [1.165, 1.54) is 11.6 Å². The van der Waals surface area contributed by atoms with Crippen LogP contribution < -0.4 is 0 Å². The predicted molar refractivity (Wildman–Crippen MR) is 60.2 cm³/mol. The van der Waals surface area contributed by atoms with Gasteiger partial charge in [0.25, 0.3) is 0 Å². The number of carboxylic acids is 1. The second-order valence-corrected chi connectivity index (χ2v) is 3.92. The van der Waals surface area contributed by atoms with Gasteiger partial charge in [-0.05, 0) is 12.0 Å². The Balaban J connectivity index is 2.00. The van der Waals surface area contributed by atoms with Crippen molar-refractivity contribution >= 4 is 5.97 Å². The lowest BCUT2D eigenvalue weighted by molar-refractivity contribution is -0.131. The van der Waals surface area contributed by atoms with Crippen LogP contribution in [0.1, 0.15) is 5.56 Å². The predicted octanol–water partition coefficient (Wildman–Crippen LogP) is 1.88. The van der Waals surface area contributed by atoms with Crippen molar-refractivity contribution in [1.82, 2.24) is 0 Å². The Kier molecular flexibility index (Phi) is 3.37. The number of rotatable bonds is 5. The molecule has 1 heterocycles. The van der Waals surface area contributed by atoms with E-state index in [0.29, 0.717) is 0 Å². The molecule has 0 aliphatic carbocycles. The number of carboxylic acid groups (broad SMARTS) is 1. The van der Waals surface area contributed by atoms with Crippen molar-refractivity contribution in [3.63, 3.8) is 0 Å². The molecule has 0 radical (unpaired) electrons. The van der Waals surface area contributed by atoms with E-state index in [0.717, 1.165) is 13.0 Å². The molecule has 1 aromatic rings. The lowest BCUT2D eigenvalue weighted by Crippen LogP contribution is -2.09. The van der Waals surface area contributed by atoms with Gasteiger partial charge in [-0.2, -0.15) is 0 Å². The van der Waals surface area contributed by atoms with E-state index in [9.17, 15) is 4.79 Å². The fourth-order valence-corrected chi connectivity index (χ4v) is 1.72. The van der Waals surface area contributed by atoms with Gasteiger partial charge in [-0.25, -0.2) is 4.79 Å². The zero-order valence-electron chi connectivity index (χ0n) is 8.87. The van der Waals surface area contributed by atoms with Crippen LogP contribution in [0.2, 0.25) is 0 Å². The van der Waals surface area contributed by atoms with Gasteiger partial charge >= 0.3 is 5.97 Å². The van der Waals surface area contributed by atoms with Crippen LogP contribution in [0.25, 0.3) is 0 Å². The van der Waals surface area contributed by atoms with E-state index < -0.39 is 5.97 Å². The molecule has 2 atom stereocenters. The number of carbonyl (C=O) groups is 1. The maximum atomic E-state index is 10.5. The highest BCUT2D eigenvalue weighted by molar-refractivity contribution is 5.79. The normalized spacial score (nSPS) is 20.9. The highest BCUT2D eigenvalue weighted by atomic mass is 16.6. The van der Waals surface area contributed by atoms with Crippen LogP contribution in [0.5, 0.6) is 0 Å². The molecule has 1 N–H and O–H groups in total. The van der Waals surface area contributed by atoms with Crippen molar-refractivity contribution in [2.24, 2.45) is 5.92 Å². The maximum absolute atomic E-state index is 10.5. The summed E-state index contributed by atoms with van der Waals surface area (Å²) in [4.78, 5) is 10.5. The zero-order chi connectivity index (χ0) is 11.4. The molecule has 1 aliphatic heterocycles. The summed E-state index contributed by atoms with van der Waals surface area (Å²) in [6, 6.07) is 10.0. The minimum absolute atomic E-state index is 0.165. The van der Waals surface area contributed by atoms with Crippen molar-refractivity contribution in [3.8, 4) is 0 Å². The third kappa shape index (κ3) is 3.21. The Hall–Kier alpha value is -1.61. The van der Waals surface area contributed by atoms with E-state index in [4.69, 9.17) is 9.84 Å². The van der Waals surface area contributed by atoms with Crippen LogP contribution in [0.3, 0.4) is 0 Å². The van der Waals surface area contributed by atoms with Crippen LogP contribution in [0.4, 0.5) is 0 Å². The van der Waals surface area contributed by atoms with Gasteiger partial charge in [-0.15, -0.1) is 0 Å². The smallest absolute Gasteiger partial charge is 0.327 e. The summed E-state index contributed by atoms with van der Waals surface area (Å²) in [7, 11) is 0. The first-order valence-corrected chi connectivity index (χ1v) is 5.32. The third-order valence-corrected chi connectivity index (χ3v) is 2.64. The topological polar surface area (TPSA) is 49.8 Å². The van der Waals surface area contributed by atoms with E-state index in [2.05, 4.69) is 0 Å². The van der Waals surface area contributed by atoms with Gasteiger partial charge in [0, 0.05) is 12.0 Å². The summed E-state index contributed by atoms with van der Waals surface area (Å²) in [6.45, 7) is 0.738. The van der Waals surface area contributed by atoms with Crippen LogP contribution in [-0.4, -0.2) is 23.8 Å². The molecule has 3 nitrogen and oxygen atoms in total. The quantitative estimate of drug-likeness (QED) is 0.606. The van der Waals surface area contributed by atoms with E-state index in [1.807, 2.05) is 30.3 Å². The summed E-state index contributed by atoms with van der Waals surface area (Å²) in [5, 5.41) is 8.60. The molecule has 2 unspecified atom stereocenters. The monoisotopic (exact) mass is 218 g/mol. The Labute approximate surface area is 94.4 Å². The molecule has 1 saturated heterocycles. The van der Waals surface area contributed by atoms with Gasteiger partial charge in [0.1, 0.15) is 0 Å². The molecule has 1 aromatic carbocycles. The van der Waals surface area contributed by atoms with Gasteiger partial charge < -0.3 is 9.84 Å². The highest BCUT2D eigenvalue weighted by Gasteiger charge is 2.30. The van der Waals surface area contributed by atoms with Gasteiger partial charge in [0.05, 0.1) is 12.7 Å². The van der Waals surface area contributed by atoms with Gasteiger partial charge in [0.15, 0.2) is 0 Å². The zero-order valence-corrected chi connectivity index (χ0v) is 8.87. The molecule has 0 spiro atoms. The molecular formula is C13H14O3. The number of hydrogen-bond acceptors (Lipinski definition) is 2. The summed E-state index contributed by atoms with van der Waals surface area (Å²) in [6.07, 6.45) is 3.95. The average Bonchev–Trinajstić information content (AvgIpc) is 3.09. The summed E-state index contributed by atoms with van der Waals surface area (Å²) in [5.74, 6) is -0.739. The van der Waals surface area contributed by atoms with Crippen LogP contribution in [0, 0.1) is 5.92 Å². The first-order valence-electron chi connectivity index (χ1n) is 5.32. The molecular weight excluding hydrogens is 204 g/mol. The molecule has 3 heteroatoms. The molecule has 0 aromatic heterocycles. The molecule has 84 valence electrons. The minimum atomic E-state index is -0.904. The summed E-state index contributed by atoms with van der Waals surface area (Å²) >= 11 is 0. The molecule has 16 heavy (non-hydrogen) atoms. The summed E-state index contributed by atoms with van der Waals surface area (Å²) < 4.78 is 5.23. The van der Waals surface area contributed by atoms with Crippen molar-refractivity contribution in [2.75, 3.05) is 6.61 Å². The SMILES string of the molecule is O=C(O)C=CC(Cc1ccccc1)C1CO1. The van der Waals surface area contributed by atoms with Crippen molar-refractivity contribution < 1.29 is 14.6 Å². The Morgan fingerprint density at radius 1 is 1.50 bits per heavy atom. The number of epoxide rings is 1. The van der Waals surface area contributed by atoms with Crippen molar-refractivity contribution in [3.05, 3.63) is 48.0 Å². The standard InChI is InChI=1S/C13H14O3/c14-13(15)7-6-11(12-9-16-12)8-10-4-2-1-3-5-10/h1-7,11-12H,8-9H2,(H,14,15). The van der Waals surface area contributed by atoms with Gasteiger partial charge in [-0.3, -0.25) is 0 Å². The lowest BCUT2D eigenvalue weighted by Gasteiger charge is -2.09. The van der Waals surface area contributed by atoms with Gasteiger partial charge in [0.2, 0.25) is 0 Å². The van der Waals surface area contributed by atoms with Gasteiger partial charge in [-0.1, -0.05) is 36.4 Å². The fourth-order valence-electron chi connectivity index (χ4n) is 1.72.